The molecule has 1 fully saturated rings. The van der Waals surface area contributed by atoms with Crippen LogP contribution in [0.5, 0.6) is 5.75 Å². The average molecular weight is 533 g/mol. The lowest BCUT2D eigenvalue weighted by Crippen LogP contribution is -2.44. The number of likely N-dealkylation sites (tertiary alicyclic amines) is 1. The third-order valence-electron chi connectivity index (χ3n) is 9.12. The van der Waals surface area contributed by atoms with Crippen LogP contribution in [0.25, 0.3) is 0 Å². The fourth-order valence-corrected chi connectivity index (χ4v) is 8.51. The summed E-state index contributed by atoms with van der Waals surface area (Å²) < 4.78 is 32.9. The molecule has 2 bridgehead atoms. The van der Waals surface area contributed by atoms with Crippen molar-refractivity contribution in [2.75, 3.05) is 40.8 Å². The predicted octanol–water partition coefficient (Wildman–Crippen LogP) is 4.53. The number of hydrogen-bond donors (Lipinski definition) is 1. The van der Waals surface area contributed by atoms with Crippen LogP contribution in [0.4, 0.5) is 0 Å². The second-order valence-electron chi connectivity index (χ2n) is 11.2. The summed E-state index contributed by atoms with van der Waals surface area (Å²) in [6.07, 6.45) is 1.87. The highest BCUT2D eigenvalue weighted by Crippen LogP contribution is 2.60. The Morgan fingerprint density at radius 1 is 0.974 bits per heavy atom. The molecule has 6 rings (SSSR count). The van der Waals surface area contributed by atoms with Crippen molar-refractivity contribution in [2.24, 2.45) is 5.92 Å². The molecule has 2 aliphatic carbocycles. The van der Waals surface area contributed by atoms with Gasteiger partial charge in [-0.05, 0) is 66.6 Å². The minimum absolute atomic E-state index is 0.0169. The highest BCUT2D eigenvalue weighted by atomic mass is 32.2. The first-order valence-electron chi connectivity index (χ1n) is 13.5. The summed E-state index contributed by atoms with van der Waals surface area (Å²) in [5.41, 5.74) is 6.34. The summed E-state index contributed by atoms with van der Waals surface area (Å²) in [5, 5.41) is 11.5. The minimum Gasteiger partial charge on any atom is -0.495 e. The van der Waals surface area contributed by atoms with Crippen molar-refractivity contribution in [2.45, 2.75) is 41.6 Å². The standard InChI is InChI=1S/C31H36N2O4S/c1-32(2)38(35,36)30-24(11-8-14-28(30)37-3)29(34)21-15-17-33(18-16-21)20-31-19-25(22-9-4-6-12-26(22)31)23-10-5-7-13-27(23)31/h4-14,21,25,29,34H,15-20H2,1-3H3/t25?,29-,31?/m0/s1. The SMILES string of the molecule is COc1cccc([C@@H](O)C2CCN(CC34CC(c5ccccc53)c3ccccc34)CC2)c1S(=O)(=O)N(C)C. The largest absolute Gasteiger partial charge is 0.495 e. The number of hydrogen-bond acceptors (Lipinski definition) is 5. The van der Waals surface area contributed by atoms with Gasteiger partial charge in [0.1, 0.15) is 10.6 Å². The Labute approximate surface area is 225 Å². The van der Waals surface area contributed by atoms with Crippen molar-refractivity contribution in [1.82, 2.24) is 9.21 Å². The number of sulfonamides is 1. The zero-order valence-electron chi connectivity index (χ0n) is 22.3. The molecule has 1 atom stereocenters. The Hall–Kier alpha value is -2.71. The first-order chi connectivity index (χ1) is 18.3. The average Bonchev–Trinajstić information content (AvgIpc) is 3.44. The maximum Gasteiger partial charge on any atom is 0.246 e. The van der Waals surface area contributed by atoms with Crippen molar-refractivity contribution in [3.05, 3.63) is 94.5 Å². The van der Waals surface area contributed by atoms with E-state index in [4.69, 9.17) is 4.74 Å². The number of ether oxygens (including phenoxy) is 1. The van der Waals surface area contributed by atoms with E-state index in [2.05, 4.69) is 53.4 Å². The van der Waals surface area contributed by atoms with Crippen LogP contribution in [-0.2, 0) is 15.4 Å². The van der Waals surface area contributed by atoms with Gasteiger partial charge >= 0.3 is 0 Å². The van der Waals surface area contributed by atoms with Gasteiger partial charge in [0.2, 0.25) is 10.0 Å². The first kappa shape index (κ1) is 25.6. The molecule has 3 aromatic rings. The molecule has 0 amide bonds. The number of nitrogens with zero attached hydrogens (tertiary/aromatic N) is 2. The van der Waals surface area contributed by atoms with E-state index in [-0.39, 0.29) is 22.0 Å². The summed E-state index contributed by atoms with van der Waals surface area (Å²) in [7, 11) is 0.682. The van der Waals surface area contributed by atoms with Crippen LogP contribution in [0, 0.1) is 5.92 Å². The number of methoxy groups -OCH3 is 1. The Kier molecular flexibility index (Phi) is 6.38. The smallest absolute Gasteiger partial charge is 0.246 e. The summed E-state index contributed by atoms with van der Waals surface area (Å²) in [6.45, 7) is 2.72. The molecule has 1 aliphatic heterocycles. The third kappa shape index (κ3) is 3.82. The fraction of sp³-hybridized carbons (Fsp3) is 0.419. The van der Waals surface area contributed by atoms with E-state index in [1.807, 2.05) is 0 Å². The molecule has 0 radical (unpaired) electrons. The van der Waals surface area contributed by atoms with Crippen LogP contribution >= 0.6 is 0 Å². The van der Waals surface area contributed by atoms with Crippen LogP contribution in [-0.4, -0.2) is 63.6 Å². The Morgan fingerprint density at radius 2 is 1.58 bits per heavy atom. The number of fused-ring (bicyclic) bond motifs is 8. The normalized spacial score (nSPS) is 23.9. The minimum atomic E-state index is -3.79. The molecule has 1 heterocycles. The second-order valence-corrected chi connectivity index (χ2v) is 13.3. The lowest BCUT2D eigenvalue weighted by molar-refractivity contribution is 0.0520. The Balaban J connectivity index is 1.23. The molecule has 38 heavy (non-hydrogen) atoms. The number of rotatable bonds is 7. The summed E-state index contributed by atoms with van der Waals surface area (Å²) in [5.74, 6) is 0.722. The first-order valence-corrected chi connectivity index (χ1v) is 14.9. The fourth-order valence-electron chi connectivity index (χ4n) is 7.26. The molecule has 3 aliphatic rings. The lowest BCUT2D eigenvalue weighted by atomic mass is 9.74. The topological polar surface area (TPSA) is 70.1 Å². The molecule has 1 saturated heterocycles. The molecule has 1 N–H and O–H groups in total. The number of aliphatic hydroxyl groups is 1. The second kappa shape index (κ2) is 9.49. The Morgan fingerprint density at radius 3 is 2.16 bits per heavy atom. The van der Waals surface area contributed by atoms with Crippen molar-refractivity contribution in [1.29, 1.82) is 0 Å². The third-order valence-corrected chi connectivity index (χ3v) is 11.0. The van der Waals surface area contributed by atoms with Crippen LogP contribution < -0.4 is 4.74 Å². The quantitative estimate of drug-likeness (QED) is 0.484. The highest BCUT2D eigenvalue weighted by molar-refractivity contribution is 7.89. The van der Waals surface area contributed by atoms with Gasteiger partial charge in [0.05, 0.1) is 13.2 Å². The van der Waals surface area contributed by atoms with Crippen molar-refractivity contribution >= 4 is 10.0 Å². The van der Waals surface area contributed by atoms with Crippen LogP contribution in [0.3, 0.4) is 0 Å². The predicted molar refractivity (Wildman–Crippen MR) is 148 cm³/mol. The van der Waals surface area contributed by atoms with E-state index < -0.39 is 16.1 Å². The van der Waals surface area contributed by atoms with Crippen molar-refractivity contribution in [3.63, 3.8) is 0 Å². The zero-order chi connectivity index (χ0) is 26.7. The van der Waals surface area contributed by atoms with Crippen LogP contribution in [0.15, 0.2) is 71.6 Å². The molecule has 0 spiro atoms. The summed E-state index contributed by atoms with van der Waals surface area (Å²) in [6, 6.07) is 23.0. The lowest BCUT2D eigenvalue weighted by Gasteiger charge is -2.40. The molecule has 0 saturated carbocycles. The van der Waals surface area contributed by atoms with Crippen LogP contribution in [0.1, 0.15) is 59.1 Å². The monoisotopic (exact) mass is 532 g/mol. The van der Waals surface area contributed by atoms with Gasteiger partial charge in [-0.3, -0.25) is 0 Å². The molecule has 0 aromatic heterocycles. The van der Waals surface area contributed by atoms with Crippen LogP contribution in [0.2, 0.25) is 0 Å². The molecular weight excluding hydrogens is 496 g/mol. The Bertz CT molecular complexity index is 1410. The van der Waals surface area contributed by atoms with E-state index in [0.717, 1.165) is 38.9 Å². The zero-order valence-corrected chi connectivity index (χ0v) is 23.1. The highest BCUT2D eigenvalue weighted by Gasteiger charge is 2.53. The van der Waals surface area contributed by atoms with Gasteiger partial charge in [-0.15, -0.1) is 0 Å². The van der Waals surface area contributed by atoms with Crippen molar-refractivity contribution < 1.29 is 18.3 Å². The van der Waals surface area contributed by atoms with Gasteiger partial charge in [-0.25, -0.2) is 12.7 Å². The van der Waals surface area contributed by atoms with Gasteiger partial charge in [-0.1, -0.05) is 60.7 Å². The van der Waals surface area contributed by atoms with E-state index in [0.29, 0.717) is 11.5 Å². The maximum absolute atomic E-state index is 13.2. The van der Waals surface area contributed by atoms with Gasteiger partial charge in [0, 0.05) is 37.5 Å². The molecule has 3 aromatic carbocycles. The molecular formula is C31H36N2O4S. The van der Waals surface area contributed by atoms with Gasteiger partial charge < -0.3 is 14.7 Å². The van der Waals surface area contributed by atoms with E-state index in [1.54, 1.807) is 18.2 Å². The summed E-state index contributed by atoms with van der Waals surface area (Å²) >= 11 is 0. The number of benzene rings is 3. The molecule has 7 heteroatoms. The van der Waals surface area contributed by atoms with E-state index in [1.165, 1.54) is 47.8 Å². The number of piperidine rings is 1. The summed E-state index contributed by atoms with van der Waals surface area (Å²) in [4.78, 5) is 2.62. The maximum atomic E-state index is 13.2. The van der Waals surface area contributed by atoms with Gasteiger partial charge in [0.25, 0.3) is 0 Å². The molecule has 200 valence electrons. The van der Waals surface area contributed by atoms with E-state index in [9.17, 15) is 13.5 Å². The molecule has 6 nitrogen and oxygen atoms in total. The number of aliphatic hydroxyl groups excluding tert-OH is 1. The van der Waals surface area contributed by atoms with E-state index >= 15 is 0 Å². The van der Waals surface area contributed by atoms with Gasteiger partial charge in [0.15, 0.2) is 0 Å². The van der Waals surface area contributed by atoms with Crippen molar-refractivity contribution in [3.8, 4) is 5.75 Å². The molecule has 0 unspecified atom stereocenters. The van der Waals surface area contributed by atoms with Gasteiger partial charge in [-0.2, -0.15) is 0 Å².